The SMILES string of the molecule is CCOCCOc1ccc2c(c1)CCC2NC. The predicted molar refractivity (Wildman–Crippen MR) is 68.6 cm³/mol. The summed E-state index contributed by atoms with van der Waals surface area (Å²) in [5, 5.41) is 3.34. The van der Waals surface area contributed by atoms with E-state index in [1.165, 1.54) is 17.5 Å². The zero-order valence-corrected chi connectivity index (χ0v) is 10.7. The molecule has 17 heavy (non-hydrogen) atoms. The molecule has 0 spiro atoms. The van der Waals surface area contributed by atoms with E-state index in [2.05, 4.69) is 23.5 Å². The summed E-state index contributed by atoms with van der Waals surface area (Å²) < 4.78 is 10.9. The molecule has 1 aliphatic carbocycles. The van der Waals surface area contributed by atoms with Gasteiger partial charge in [0.1, 0.15) is 12.4 Å². The Balaban J connectivity index is 1.93. The van der Waals surface area contributed by atoms with Gasteiger partial charge in [0, 0.05) is 12.6 Å². The summed E-state index contributed by atoms with van der Waals surface area (Å²) in [6.07, 6.45) is 2.33. The molecular weight excluding hydrogens is 214 g/mol. The first-order valence-electron chi connectivity index (χ1n) is 6.35. The highest BCUT2D eigenvalue weighted by atomic mass is 16.5. The van der Waals surface area contributed by atoms with E-state index in [0.717, 1.165) is 18.8 Å². The molecule has 1 N–H and O–H groups in total. The molecule has 0 bridgehead atoms. The standard InChI is InChI=1S/C14H21NO2/c1-3-16-8-9-17-12-5-6-13-11(10-12)4-7-14(13)15-2/h5-6,10,14-15H,3-4,7-9H2,1-2H3. The third kappa shape index (κ3) is 2.99. The van der Waals surface area contributed by atoms with Crippen molar-refractivity contribution in [2.24, 2.45) is 0 Å². The van der Waals surface area contributed by atoms with Gasteiger partial charge in [0.05, 0.1) is 6.61 Å². The Labute approximate surface area is 103 Å². The van der Waals surface area contributed by atoms with Crippen LogP contribution in [0, 0.1) is 0 Å². The van der Waals surface area contributed by atoms with Crippen molar-refractivity contribution in [2.45, 2.75) is 25.8 Å². The summed E-state index contributed by atoms with van der Waals surface area (Å²) in [5.41, 5.74) is 2.84. The van der Waals surface area contributed by atoms with Crippen LogP contribution in [0.3, 0.4) is 0 Å². The minimum Gasteiger partial charge on any atom is -0.491 e. The molecule has 0 saturated heterocycles. The van der Waals surface area contributed by atoms with Crippen LogP contribution in [-0.4, -0.2) is 26.9 Å². The normalized spacial score (nSPS) is 18.1. The molecule has 0 saturated carbocycles. The number of hydrogen-bond donors (Lipinski definition) is 1. The van der Waals surface area contributed by atoms with Gasteiger partial charge in [-0.15, -0.1) is 0 Å². The van der Waals surface area contributed by atoms with E-state index in [1.807, 2.05) is 14.0 Å². The summed E-state index contributed by atoms with van der Waals surface area (Å²) in [6.45, 7) is 4.03. The van der Waals surface area contributed by atoms with Crippen LogP contribution in [0.1, 0.15) is 30.5 Å². The molecule has 1 unspecified atom stereocenters. The van der Waals surface area contributed by atoms with Crippen LogP contribution in [0.5, 0.6) is 5.75 Å². The number of rotatable bonds is 6. The number of benzene rings is 1. The fourth-order valence-corrected chi connectivity index (χ4v) is 2.35. The second-order valence-electron chi connectivity index (χ2n) is 4.29. The average Bonchev–Trinajstić information content (AvgIpc) is 2.77. The minimum atomic E-state index is 0.516. The Morgan fingerprint density at radius 1 is 1.35 bits per heavy atom. The highest BCUT2D eigenvalue weighted by molar-refractivity contribution is 5.40. The summed E-state index contributed by atoms with van der Waals surface area (Å²) in [4.78, 5) is 0. The lowest BCUT2D eigenvalue weighted by Crippen LogP contribution is -2.12. The van der Waals surface area contributed by atoms with Gasteiger partial charge in [-0.25, -0.2) is 0 Å². The maximum atomic E-state index is 5.66. The lowest BCUT2D eigenvalue weighted by atomic mass is 10.1. The van der Waals surface area contributed by atoms with Crippen LogP contribution in [0.4, 0.5) is 0 Å². The first-order chi connectivity index (χ1) is 8.35. The molecule has 0 fully saturated rings. The third-order valence-corrected chi connectivity index (χ3v) is 3.24. The lowest BCUT2D eigenvalue weighted by molar-refractivity contribution is 0.110. The van der Waals surface area contributed by atoms with Gasteiger partial charge < -0.3 is 14.8 Å². The Kier molecular flexibility index (Phi) is 4.40. The van der Waals surface area contributed by atoms with Crippen LogP contribution in [-0.2, 0) is 11.2 Å². The highest BCUT2D eigenvalue weighted by Gasteiger charge is 2.20. The summed E-state index contributed by atoms with van der Waals surface area (Å²) >= 11 is 0. The van der Waals surface area contributed by atoms with Crippen molar-refractivity contribution < 1.29 is 9.47 Å². The van der Waals surface area contributed by atoms with Crippen molar-refractivity contribution in [3.8, 4) is 5.75 Å². The van der Waals surface area contributed by atoms with E-state index < -0.39 is 0 Å². The average molecular weight is 235 g/mol. The van der Waals surface area contributed by atoms with E-state index in [-0.39, 0.29) is 0 Å². The second-order valence-corrected chi connectivity index (χ2v) is 4.29. The third-order valence-electron chi connectivity index (χ3n) is 3.24. The molecule has 0 heterocycles. The van der Waals surface area contributed by atoms with Crippen molar-refractivity contribution in [1.82, 2.24) is 5.32 Å². The van der Waals surface area contributed by atoms with E-state index in [1.54, 1.807) is 0 Å². The van der Waals surface area contributed by atoms with Crippen LogP contribution in [0.25, 0.3) is 0 Å². The molecule has 0 amide bonds. The van der Waals surface area contributed by atoms with E-state index >= 15 is 0 Å². The van der Waals surface area contributed by atoms with Crippen LogP contribution < -0.4 is 10.1 Å². The van der Waals surface area contributed by atoms with E-state index in [0.29, 0.717) is 19.3 Å². The van der Waals surface area contributed by atoms with Crippen molar-refractivity contribution in [3.05, 3.63) is 29.3 Å². The van der Waals surface area contributed by atoms with Crippen LogP contribution >= 0.6 is 0 Å². The van der Waals surface area contributed by atoms with E-state index in [9.17, 15) is 0 Å². The molecule has 94 valence electrons. The molecule has 0 aliphatic heterocycles. The van der Waals surface area contributed by atoms with Crippen LogP contribution in [0.2, 0.25) is 0 Å². The van der Waals surface area contributed by atoms with Gasteiger partial charge in [-0.3, -0.25) is 0 Å². The Morgan fingerprint density at radius 3 is 3.00 bits per heavy atom. The minimum absolute atomic E-state index is 0.516. The monoisotopic (exact) mass is 235 g/mol. The number of aryl methyl sites for hydroxylation is 1. The van der Waals surface area contributed by atoms with Crippen molar-refractivity contribution in [2.75, 3.05) is 26.9 Å². The van der Waals surface area contributed by atoms with Crippen molar-refractivity contribution in [3.63, 3.8) is 0 Å². The van der Waals surface area contributed by atoms with Gasteiger partial charge in [0.15, 0.2) is 0 Å². The lowest BCUT2D eigenvalue weighted by Gasteiger charge is -2.11. The second kappa shape index (κ2) is 6.03. The molecule has 0 radical (unpaired) electrons. The summed E-state index contributed by atoms with van der Waals surface area (Å²) in [6, 6.07) is 6.92. The molecule has 1 aromatic carbocycles. The Hall–Kier alpha value is -1.06. The molecule has 3 nitrogen and oxygen atoms in total. The van der Waals surface area contributed by atoms with Gasteiger partial charge in [0.2, 0.25) is 0 Å². The van der Waals surface area contributed by atoms with Gasteiger partial charge >= 0.3 is 0 Å². The maximum Gasteiger partial charge on any atom is 0.119 e. The summed E-state index contributed by atoms with van der Waals surface area (Å²) in [5.74, 6) is 0.959. The van der Waals surface area contributed by atoms with Gasteiger partial charge in [-0.1, -0.05) is 6.07 Å². The zero-order valence-electron chi connectivity index (χ0n) is 10.7. The molecule has 1 aliphatic rings. The highest BCUT2D eigenvalue weighted by Crippen LogP contribution is 2.33. The zero-order chi connectivity index (χ0) is 12.1. The molecule has 2 rings (SSSR count). The quantitative estimate of drug-likeness (QED) is 0.767. The fraction of sp³-hybridized carbons (Fsp3) is 0.571. The topological polar surface area (TPSA) is 30.5 Å². The smallest absolute Gasteiger partial charge is 0.119 e. The van der Waals surface area contributed by atoms with Gasteiger partial charge in [0.25, 0.3) is 0 Å². The molecular formula is C14H21NO2. The molecule has 3 heteroatoms. The first kappa shape index (κ1) is 12.4. The van der Waals surface area contributed by atoms with Gasteiger partial charge in [-0.05, 0) is 50.1 Å². The predicted octanol–water partition coefficient (Wildman–Crippen LogP) is 2.31. The number of nitrogens with one attached hydrogen (secondary N) is 1. The molecule has 1 aromatic rings. The first-order valence-corrected chi connectivity index (χ1v) is 6.35. The van der Waals surface area contributed by atoms with Crippen molar-refractivity contribution in [1.29, 1.82) is 0 Å². The fourth-order valence-electron chi connectivity index (χ4n) is 2.35. The number of hydrogen-bond acceptors (Lipinski definition) is 3. The summed E-state index contributed by atoms with van der Waals surface area (Å²) in [7, 11) is 2.02. The van der Waals surface area contributed by atoms with Crippen LogP contribution in [0.15, 0.2) is 18.2 Å². The Bertz CT molecular complexity index is 365. The van der Waals surface area contributed by atoms with Gasteiger partial charge in [-0.2, -0.15) is 0 Å². The maximum absolute atomic E-state index is 5.66. The Morgan fingerprint density at radius 2 is 2.24 bits per heavy atom. The molecule has 0 aromatic heterocycles. The van der Waals surface area contributed by atoms with E-state index in [4.69, 9.17) is 9.47 Å². The largest absolute Gasteiger partial charge is 0.491 e. The number of fused-ring (bicyclic) bond motifs is 1. The molecule has 1 atom stereocenters. The van der Waals surface area contributed by atoms with Crippen molar-refractivity contribution >= 4 is 0 Å². The number of ether oxygens (including phenoxy) is 2.